The molecule has 0 atom stereocenters. The summed E-state index contributed by atoms with van der Waals surface area (Å²) in [5.41, 5.74) is 5.48. The molecular weight excluding hydrogens is 352 g/mol. The van der Waals surface area contributed by atoms with E-state index in [0.29, 0.717) is 0 Å². The predicted octanol–water partition coefficient (Wildman–Crippen LogP) is 6.06. The number of nitrogens with zero attached hydrogens (tertiary/aromatic N) is 3. The molecule has 0 saturated carbocycles. The van der Waals surface area contributed by atoms with Crippen LogP contribution in [-0.2, 0) is 19.3 Å². The first-order chi connectivity index (χ1) is 13.3. The van der Waals surface area contributed by atoms with Crippen molar-refractivity contribution in [3.63, 3.8) is 0 Å². The fraction of sp³-hybridized carbons (Fsp3) is 0.591. The van der Waals surface area contributed by atoms with Gasteiger partial charge in [-0.15, -0.1) is 11.3 Å². The number of nitrogens with one attached hydrogen (secondary N) is 1. The van der Waals surface area contributed by atoms with Gasteiger partial charge in [0.1, 0.15) is 17.0 Å². The lowest BCUT2D eigenvalue weighted by atomic mass is 10.0. The van der Waals surface area contributed by atoms with Crippen molar-refractivity contribution in [3.8, 4) is 0 Å². The Kier molecular flexibility index (Phi) is 5.86. The zero-order valence-electron chi connectivity index (χ0n) is 16.6. The molecule has 1 aliphatic rings. The van der Waals surface area contributed by atoms with E-state index in [1.807, 2.05) is 0 Å². The number of rotatable bonds is 9. The van der Waals surface area contributed by atoms with E-state index in [4.69, 9.17) is 4.98 Å². The molecule has 4 rings (SSSR count). The van der Waals surface area contributed by atoms with Gasteiger partial charge in [0.2, 0.25) is 0 Å². The van der Waals surface area contributed by atoms with Crippen molar-refractivity contribution in [2.45, 2.75) is 78.1 Å². The molecule has 0 spiro atoms. The minimum Gasteiger partial charge on any atom is -0.369 e. The highest BCUT2D eigenvalue weighted by Gasteiger charge is 2.23. The predicted molar refractivity (Wildman–Crippen MR) is 116 cm³/mol. The van der Waals surface area contributed by atoms with Crippen LogP contribution in [-0.4, -0.2) is 21.5 Å². The molecule has 3 aromatic heterocycles. The SMILES string of the molecule is CCCCCCNc1ncnc2c1sc1nc(CCCC)c3c(c12)CCC3. The molecule has 0 saturated heterocycles. The normalized spacial score (nSPS) is 13.6. The van der Waals surface area contributed by atoms with Crippen LogP contribution in [0, 0.1) is 0 Å². The molecule has 3 heterocycles. The summed E-state index contributed by atoms with van der Waals surface area (Å²) in [6.45, 7) is 5.48. The number of unbranched alkanes of at least 4 members (excludes halogenated alkanes) is 4. The monoisotopic (exact) mass is 382 g/mol. The number of anilines is 1. The van der Waals surface area contributed by atoms with Gasteiger partial charge < -0.3 is 5.32 Å². The molecule has 27 heavy (non-hydrogen) atoms. The van der Waals surface area contributed by atoms with Gasteiger partial charge >= 0.3 is 0 Å². The number of hydrogen-bond acceptors (Lipinski definition) is 5. The quantitative estimate of drug-likeness (QED) is 0.457. The topological polar surface area (TPSA) is 50.7 Å². The Bertz CT molecular complexity index is 931. The smallest absolute Gasteiger partial charge is 0.147 e. The van der Waals surface area contributed by atoms with E-state index in [-0.39, 0.29) is 0 Å². The van der Waals surface area contributed by atoms with E-state index in [1.54, 1.807) is 17.7 Å². The standard InChI is InChI=1S/C22H30N4S/c1-3-5-7-8-13-23-21-20-19(24-14-25-21)18-16-11-9-10-15(16)17(12-6-4-2)26-22(18)27-20/h14H,3-13H2,1-2H3,(H,23,24,25). The van der Waals surface area contributed by atoms with Crippen LogP contribution in [0.4, 0.5) is 5.82 Å². The fourth-order valence-corrected chi connectivity index (χ4v) is 5.36. The van der Waals surface area contributed by atoms with Gasteiger partial charge in [-0.3, -0.25) is 0 Å². The van der Waals surface area contributed by atoms with E-state index < -0.39 is 0 Å². The zero-order chi connectivity index (χ0) is 18.6. The summed E-state index contributed by atoms with van der Waals surface area (Å²) in [7, 11) is 0. The second kappa shape index (κ2) is 8.51. The Morgan fingerprint density at radius 3 is 2.70 bits per heavy atom. The van der Waals surface area contributed by atoms with Crippen LogP contribution in [0.2, 0.25) is 0 Å². The maximum Gasteiger partial charge on any atom is 0.147 e. The summed E-state index contributed by atoms with van der Waals surface area (Å²) < 4.78 is 1.18. The lowest BCUT2D eigenvalue weighted by molar-refractivity contribution is 0.684. The molecule has 144 valence electrons. The number of fused-ring (bicyclic) bond motifs is 5. The van der Waals surface area contributed by atoms with E-state index >= 15 is 0 Å². The van der Waals surface area contributed by atoms with E-state index in [0.717, 1.165) is 29.1 Å². The van der Waals surface area contributed by atoms with Crippen LogP contribution < -0.4 is 5.32 Å². The molecular formula is C22H30N4S. The summed E-state index contributed by atoms with van der Waals surface area (Å²) >= 11 is 1.77. The van der Waals surface area contributed by atoms with Crippen LogP contribution in [0.15, 0.2) is 6.33 Å². The minimum absolute atomic E-state index is 0.980. The number of pyridine rings is 1. The molecule has 0 radical (unpaired) electrons. The molecule has 5 heteroatoms. The molecule has 0 fully saturated rings. The van der Waals surface area contributed by atoms with Gasteiger partial charge in [-0.2, -0.15) is 0 Å². The first-order valence-corrected chi connectivity index (χ1v) is 11.5. The molecule has 0 amide bonds. The Balaban J connectivity index is 1.71. The average Bonchev–Trinajstić information content (AvgIpc) is 3.30. The molecule has 0 aliphatic heterocycles. The van der Waals surface area contributed by atoms with Crippen molar-refractivity contribution in [3.05, 3.63) is 23.1 Å². The summed E-state index contributed by atoms with van der Waals surface area (Å²) in [6.07, 6.45) is 13.9. The molecule has 1 N–H and O–H groups in total. The molecule has 0 aromatic carbocycles. The minimum atomic E-state index is 0.980. The first-order valence-electron chi connectivity index (χ1n) is 10.6. The van der Waals surface area contributed by atoms with Gasteiger partial charge in [0.25, 0.3) is 0 Å². The Morgan fingerprint density at radius 2 is 1.85 bits per heavy atom. The van der Waals surface area contributed by atoms with Gasteiger partial charge in [0.05, 0.1) is 10.2 Å². The average molecular weight is 383 g/mol. The van der Waals surface area contributed by atoms with Crippen molar-refractivity contribution < 1.29 is 0 Å². The molecule has 3 aromatic rings. The first kappa shape index (κ1) is 18.6. The van der Waals surface area contributed by atoms with Gasteiger partial charge in [0, 0.05) is 17.6 Å². The van der Waals surface area contributed by atoms with Crippen LogP contribution in [0.1, 0.15) is 75.6 Å². The van der Waals surface area contributed by atoms with Crippen molar-refractivity contribution in [2.24, 2.45) is 0 Å². The highest BCUT2D eigenvalue weighted by Crippen LogP contribution is 2.41. The Hall–Kier alpha value is -1.75. The van der Waals surface area contributed by atoms with Crippen molar-refractivity contribution in [1.82, 2.24) is 15.0 Å². The van der Waals surface area contributed by atoms with Gasteiger partial charge in [-0.1, -0.05) is 39.5 Å². The number of hydrogen-bond donors (Lipinski definition) is 1. The zero-order valence-corrected chi connectivity index (χ0v) is 17.4. The highest BCUT2D eigenvalue weighted by atomic mass is 32.1. The molecule has 1 aliphatic carbocycles. The van der Waals surface area contributed by atoms with E-state index in [1.165, 1.54) is 84.7 Å². The Labute approximate surface area is 165 Å². The van der Waals surface area contributed by atoms with Gasteiger partial charge in [0.15, 0.2) is 0 Å². The summed E-state index contributed by atoms with van der Waals surface area (Å²) in [4.78, 5) is 15.5. The van der Waals surface area contributed by atoms with Gasteiger partial charge in [-0.25, -0.2) is 15.0 Å². The van der Waals surface area contributed by atoms with Crippen LogP contribution in [0.3, 0.4) is 0 Å². The van der Waals surface area contributed by atoms with Crippen molar-refractivity contribution in [1.29, 1.82) is 0 Å². The van der Waals surface area contributed by atoms with E-state index in [9.17, 15) is 0 Å². The summed E-state index contributed by atoms with van der Waals surface area (Å²) in [6, 6.07) is 0. The summed E-state index contributed by atoms with van der Waals surface area (Å²) in [5, 5.41) is 4.86. The van der Waals surface area contributed by atoms with Crippen molar-refractivity contribution >= 4 is 37.6 Å². The third-order valence-electron chi connectivity index (χ3n) is 5.65. The van der Waals surface area contributed by atoms with E-state index in [2.05, 4.69) is 29.1 Å². The molecule has 4 nitrogen and oxygen atoms in total. The second-order valence-corrected chi connectivity index (χ2v) is 8.64. The summed E-state index contributed by atoms with van der Waals surface area (Å²) in [5.74, 6) is 0.987. The fourth-order valence-electron chi connectivity index (χ4n) is 4.21. The molecule has 0 bridgehead atoms. The number of aromatic nitrogens is 3. The lowest BCUT2D eigenvalue weighted by Gasteiger charge is -2.08. The van der Waals surface area contributed by atoms with Gasteiger partial charge in [-0.05, 0) is 49.7 Å². The largest absolute Gasteiger partial charge is 0.369 e. The number of thiophene rings is 1. The lowest BCUT2D eigenvalue weighted by Crippen LogP contribution is -2.03. The van der Waals surface area contributed by atoms with Crippen LogP contribution in [0.25, 0.3) is 20.4 Å². The maximum absolute atomic E-state index is 5.11. The van der Waals surface area contributed by atoms with Crippen LogP contribution >= 0.6 is 11.3 Å². The third kappa shape index (κ3) is 3.66. The second-order valence-electron chi connectivity index (χ2n) is 7.64. The highest BCUT2D eigenvalue weighted by molar-refractivity contribution is 7.26. The van der Waals surface area contributed by atoms with Crippen LogP contribution in [0.5, 0.6) is 0 Å². The molecule has 0 unspecified atom stereocenters. The van der Waals surface area contributed by atoms with Crippen molar-refractivity contribution in [2.75, 3.05) is 11.9 Å². The maximum atomic E-state index is 5.11. The Morgan fingerprint density at radius 1 is 1.00 bits per heavy atom. The third-order valence-corrected chi connectivity index (χ3v) is 6.73. The number of aryl methyl sites for hydroxylation is 2.